The fourth-order valence-electron chi connectivity index (χ4n) is 2.66. The van der Waals surface area contributed by atoms with Crippen LogP contribution in [0.4, 0.5) is 0 Å². The number of nitrogens with zero attached hydrogens (tertiary/aromatic N) is 1. The van der Waals surface area contributed by atoms with Gasteiger partial charge in [-0.25, -0.2) is 0 Å². The molecule has 0 saturated carbocycles. The molecule has 0 radical (unpaired) electrons. The van der Waals surface area contributed by atoms with Crippen LogP contribution in [0.3, 0.4) is 0 Å². The van der Waals surface area contributed by atoms with Crippen LogP contribution in [0, 0.1) is 0 Å². The molecule has 1 atom stereocenters. The van der Waals surface area contributed by atoms with Crippen LogP contribution in [-0.4, -0.2) is 29.6 Å². The van der Waals surface area contributed by atoms with Gasteiger partial charge in [-0.2, -0.15) is 0 Å². The smallest absolute Gasteiger partial charge is 0.248 e. The molecule has 116 valence electrons. The lowest BCUT2D eigenvalue weighted by molar-refractivity contribution is 0.1000. The number of primary amides is 1. The van der Waals surface area contributed by atoms with Crippen molar-refractivity contribution in [1.82, 2.24) is 4.90 Å². The van der Waals surface area contributed by atoms with Gasteiger partial charge in [0.2, 0.25) is 5.91 Å². The Morgan fingerprint density at radius 1 is 1.18 bits per heavy atom. The number of rotatable bonds is 7. The molecule has 22 heavy (non-hydrogen) atoms. The number of carbonyl (C=O) groups is 1. The Morgan fingerprint density at radius 3 is 2.55 bits per heavy atom. The summed E-state index contributed by atoms with van der Waals surface area (Å²) in [6.45, 7) is 0.811. The quantitative estimate of drug-likeness (QED) is 0.824. The van der Waals surface area contributed by atoms with Crippen molar-refractivity contribution in [2.75, 3.05) is 13.7 Å². The summed E-state index contributed by atoms with van der Waals surface area (Å²) in [5, 5.41) is 9.34. The summed E-state index contributed by atoms with van der Waals surface area (Å²) in [4.78, 5) is 13.4. The van der Waals surface area contributed by atoms with Crippen molar-refractivity contribution in [2.45, 2.75) is 19.0 Å². The van der Waals surface area contributed by atoms with Crippen LogP contribution in [0.1, 0.15) is 33.9 Å². The summed E-state index contributed by atoms with van der Waals surface area (Å²) in [6.07, 6.45) is 0.663. The maximum atomic E-state index is 11.3. The van der Waals surface area contributed by atoms with E-state index in [2.05, 4.69) is 17.0 Å². The van der Waals surface area contributed by atoms with Crippen molar-refractivity contribution in [3.8, 4) is 0 Å². The van der Waals surface area contributed by atoms with E-state index in [9.17, 15) is 9.90 Å². The number of carbonyl (C=O) groups excluding carboxylic acids is 1. The van der Waals surface area contributed by atoms with Crippen molar-refractivity contribution in [3.05, 3.63) is 71.3 Å². The number of benzene rings is 2. The van der Waals surface area contributed by atoms with E-state index in [1.165, 1.54) is 5.56 Å². The minimum Gasteiger partial charge on any atom is -0.396 e. The molecule has 0 aliphatic carbocycles. The van der Waals surface area contributed by atoms with Crippen LogP contribution in [0.15, 0.2) is 54.6 Å². The average molecular weight is 298 g/mol. The summed E-state index contributed by atoms with van der Waals surface area (Å²) < 4.78 is 0. The standard InChI is InChI=1S/C18H22N2O2/c1-20(13-14-6-5-9-16(12-14)18(19)22)17(10-11-21)15-7-3-2-4-8-15/h2-9,12,17,21H,10-11,13H2,1H3,(H2,19,22). The molecule has 1 amide bonds. The summed E-state index contributed by atoms with van der Waals surface area (Å²) in [6, 6.07) is 17.6. The Balaban J connectivity index is 2.16. The first-order valence-electron chi connectivity index (χ1n) is 7.36. The molecule has 0 aromatic heterocycles. The van der Waals surface area contributed by atoms with Gasteiger partial charge in [-0.1, -0.05) is 42.5 Å². The van der Waals surface area contributed by atoms with Crippen LogP contribution < -0.4 is 5.73 Å². The third-order valence-electron chi connectivity index (χ3n) is 3.76. The number of aliphatic hydroxyl groups excluding tert-OH is 1. The van der Waals surface area contributed by atoms with Gasteiger partial charge in [0, 0.05) is 24.8 Å². The zero-order chi connectivity index (χ0) is 15.9. The predicted molar refractivity (Wildman–Crippen MR) is 87.3 cm³/mol. The molecule has 0 fully saturated rings. The zero-order valence-electron chi connectivity index (χ0n) is 12.8. The minimum atomic E-state index is -0.417. The van der Waals surface area contributed by atoms with Gasteiger partial charge in [0.15, 0.2) is 0 Å². The van der Waals surface area contributed by atoms with Gasteiger partial charge in [-0.15, -0.1) is 0 Å². The first-order valence-corrected chi connectivity index (χ1v) is 7.36. The Morgan fingerprint density at radius 2 is 1.91 bits per heavy atom. The van der Waals surface area contributed by atoms with E-state index in [1.54, 1.807) is 6.07 Å². The fraction of sp³-hybridized carbons (Fsp3) is 0.278. The zero-order valence-corrected chi connectivity index (χ0v) is 12.8. The van der Waals surface area contributed by atoms with E-state index in [1.807, 2.05) is 43.4 Å². The normalized spacial score (nSPS) is 12.3. The Bertz CT molecular complexity index is 613. The molecule has 0 aliphatic heterocycles. The highest BCUT2D eigenvalue weighted by Gasteiger charge is 2.16. The first-order chi connectivity index (χ1) is 10.6. The van der Waals surface area contributed by atoms with Crippen molar-refractivity contribution in [2.24, 2.45) is 5.73 Å². The second-order valence-electron chi connectivity index (χ2n) is 5.42. The molecule has 3 N–H and O–H groups in total. The monoisotopic (exact) mass is 298 g/mol. The topological polar surface area (TPSA) is 66.6 Å². The maximum absolute atomic E-state index is 11.3. The highest BCUT2D eigenvalue weighted by atomic mass is 16.3. The molecule has 4 heteroatoms. The van der Waals surface area contributed by atoms with Gasteiger partial charge in [-0.05, 0) is 36.7 Å². The molecule has 2 rings (SSSR count). The van der Waals surface area contributed by atoms with Crippen LogP contribution in [0.2, 0.25) is 0 Å². The van der Waals surface area contributed by atoms with E-state index in [0.29, 0.717) is 18.5 Å². The molecule has 2 aromatic rings. The van der Waals surface area contributed by atoms with Gasteiger partial charge < -0.3 is 10.8 Å². The number of aliphatic hydroxyl groups is 1. The lowest BCUT2D eigenvalue weighted by atomic mass is 10.0. The second kappa shape index (κ2) is 7.73. The molecule has 1 unspecified atom stereocenters. The van der Waals surface area contributed by atoms with E-state index in [4.69, 9.17) is 5.73 Å². The first kappa shape index (κ1) is 16.2. The molecule has 0 heterocycles. The maximum Gasteiger partial charge on any atom is 0.248 e. The van der Waals surface area contributed by atoms with Gasteiger partial charge in [0.05, 0.1) is 0 Å². The lowest BCUT2D eigenvalue weighted by Gasteiger charge is -2.28. The van der Waals surface area contributed by atoms with Crippen LogP contribution in [0.25, 0.3) is 0 Å². The van der Waals surface area contributed by atoms with E-state index >= 15 is 0 Å². The SMILES string of the molecule is CN(Cc1cccc(C(N)=O)c1)C(CCO)c1ccccc1. The van der Waals surface area contributed by atoms with E-state index in [-0.39, 0.29) is 12.6 Å². The van der Waals surface area contributed by atoms with Gasteiger partial charge >= 0.3 is 0 Å². The van der Waals surface area contributed by atoms with Gasteiger partial charge in [-0.3, -0.25) is 9.69 Å². The molecule has 0 aliphatic rings. The highest BCUT2D eigenvalue weighted by molar-refractivity contribution is 5.92. The average Bonchev–Trinajstić information content (AvgIpc) is 2.53. The third-order valence-corrected chi connectivity index (χ3v) is 3.76. The van der Waals surface area contributed by atoms with Crippen molar-refractivity contribution < 1.29 is 9.90 Å². The van der Waals surface area contributed by atoms with Crippen LogP contribution >= 0.6 is 0 Å². The van der Waals surface area contributed by atoms with E-state index in [0.717, 1.165) is 5.56 Å². The summed E-state index contributed by atoms with van der Waals surface area (Å²) >= 11 is 0. The van der Waals surface area contributed by atoms with Gasteiger partial charge in [0.25, 0.3) is 0 Å². The molecular weight excluding hydrogens is 276 g/mol. The Hall–Kier alpha value is -2.17. The lowest BCUT2D eigenvalue weighted by Crippen LogP contribution is -2.25. The molecular formula is C18H22N2O2. The largest absolute Gasteiger partial charge is 0.396 e. The number of hydrogen-bond donors (Lipinski definition) is 2. The summed E-state index contributed by atoms with van der Waals surface area (Å²) in [7, 11) is 2.02. The number of amides is 1. The number of nitrogens with two attached hydrogens (primary N) is 1. The summed E-state index contributed by atoms with van der Waals surface area (Å²) in [5.41, 5.74) is 8.04. The summed E-state index contributed by atoms with van der Waals surface area (Å²) in [5.74, 6) is -0.417. The molecule has 4 nitrogen and oxygen atoms in total. The Labute approximate surface area is 131 Å². The van der Waals surface area contributed by atoms with Crippen LogP contribution in [-0.2, 0) is 6.54 Å². The molecule has 0 bridgehead atoms. The fourth-order valence-corrected chi connectivity index (χ4v) is 2.66. The second-order valence-corrected chi connectivity index (χ2v) is 5.42. The molecule has 2 aromatic carbocycles. The Kier molecular flexibility index (Phi) is 5.69. The predicted octanol–water partition coefficient (Wildman–Crippen LogP) is 2.34. The van der Waals surface area contributed by atoms with Gasteiger partial charge in [0.1, 0.15) is 0 Å². The highest BCUT2D eigenvalue weighted by Crippen LogP contribution is 2.24. The van der Waals surface area contributed by atoms with Crippen molar-refractivity contribution >= 4 is 5.91 Å². The van der Waals surface area contributed by atoms with E-state index < -0.39 is 5.91 Å². The molecule has 0 spiro atoms. The van der Waals surface area contributed by atoms with Crippen molar-refractivity contribution in [1.29, 1.82) is 0 Å². The molecule has 0 saturated heterocycles. The number of hydrogen-bond acceptors (Lipinski definition) is 3. The third kappa shape index (κ3) is 4.16. The minimum absolute atomic E-state index is 0.128. The van der Waals surface area contributed by atoms with Crippen LogP contribution in [0.5, 0.6) is 0 Å². The van der Waals surface area contributed by atoms with Crippen molar-refractivity contribution in [3.63, 3.8) is 0 Å².